The molecule has 0 amide bonds. The second kappa shape index (κ2) is 6.33. The molecule has 1 N–H and O–H groups in total. The van der Waals surface area contributed by atoms with E-state index in [0.29, 0.717) is 0 Å². The molecule has 90 valence electrons. The highest BCUT2D eigenvalue weighted by atomic mass is 32.2. The minimum Gasteiger partial charge on any atom is -0.463 e. The number of nitrogens with zero attached hydrogens (tertiary/aromatic N) is 1. The number of thioether (sulfide) groups is 1. The largest absolute Gasteiger partial charge is 0.463 e. The van der Waals surface area contributed by atoms with Crippen LogP contribution in [0.5, 0.6) is 0 Å². The Labute approximate surface area is 102 Å². The Balaban J connectivity index is 1.81. The summed E-state index contributed by atoms with van der Waals surface area (Å²) in [5.41, 5.74) is 0. The molecule has 1 aromatic heterocycles. The molecule has 1 saturated heterocycles. The lowest BCUT2D eigenvalue weighted by atomic mass is 10.4. The lowest BCUT2D eigenvalue weighted by Crippen LogP contribution is -2.31. The molecule has 0 aromatic carbocycles. The summed E-state index contributed by atoms with van der Waals surface area (Å²) in [6.07, 6.45) is 0. The van der Waals surface area contributed by atoms with E-state index in [9.17, 15) is 0 Å². The van der Waals surface area contributed by atoms with E-state index in [4.69, 9.17) is 4.42 Å². The Morgan fingerprint density at radius 1 is 1.31 bits per heavy atom. The average molecular weight is 240 g/mol. The van der Waals surface area contributed by atoms with E-state index < -0.39 is 0 Å². The molecule has 0 spiro atoms. The molecule has 4 heteroatoms. The third kappa shape index (κ3) is 3.54. The molecule has 3 nitrogen and oxygen atoms in total. The van der Waals surface area contributed by atoms with Crippen LogP contribution in [-0.4, -0.2) is 36.0 Å². The van der Waals surface area contributed by atoms with Crippen LogP contribution in [0, 0.1) is 0 Å². The molecule has 0 atom stereocenters. The third-order valence-electron chi connectivity index (χ3n) is 2.75. The van der Waals surface area contributed by atoms with Crippen molar-refractivity contribution in [2.75, 3.05) is 31.1 Å². The summed E-state index contributed by atoms with van der Waals surface area (Å²) in [6.45, 7) is 7.27. The average Bonchev–Trinajstić information content (AvgIpc) is 2.75. The van der Waals surface area contributed by atoms with Crippen LogP contribution in [0.1, 0.15) is 18.4 Å². The van der Waals surface area contributed by atoms with Gasteiger partial charge in [0, 0.05) is 24.6 Å². The van der Waals surface area contributed by atoms with E-state index in [1.54, 1.807) is 0 Å². The highest BCUT2D eigenvalue weighted by molar-refractivity contribution is 7.99. The molecule has 1 aromatic rings. The Kier molecular flexibility index (Phi) is 4.75. The van der Waals surface area contributed by atoms with Gasteiger partial charge in [-0.1, -0.05) is 6.92 Å². The number of furan rings is 1. The van der Waals surface area contributed by atoms with Gasteiger partial charge >= 0.3 is 0 Å². The summed E-state index contributed by atoms with van der Waals surface area (Å²) in [5.74, 6) is 4.65. The SMILES string of the molecule is CCNCc1ccc(CN2CCSCC2)o1. The van der Waals surface area contributed by atoms with Gasteiger partial charge in [-0.2, -0.15) is 11.8 Å². The number of rotatable bonds is 5. The molecular formula is C12H20N2OS. The molecule has 1 aliphatic heterocycles. The molecule has 16 heavy (non-hydrogen) atoms. The van der Waals surface area contributed by atoms with E-state index in [1.807, 2.05) is 11.8 Å². The van der Waals surface area contributed by atoms with Crippen molar-refractivity contribution in [2.24, 2.45) is 0 Å². The van der Waals surface area contributed by atoms with Gasteiger partial charge in [-0.25, -0.2) is 0 Å². The monoisotopic (exact) mass is 240 g/mol. The zero-order chi connectivity index (χ0) is 11.2. The van der Waals surface area contributed by atoms with Crippen molar-refractivity contribution in [3.63, 3.8) is 0 Å². The van der Waals surface area contributed by atoms with E-state index in [2.05, 4.69) is 29.3 Å². The van der Waals surface area contributed by atoms with E-state index in [-0.39, 0.29) is 0 Å². The van der Waals surface area contributed by atoms with Crippen molar-refractivity contribution < 1.29 is 4.42 Å². The maximum absolute atomic E-state index is 5.78. The smallest absolute Gasteiger partial charge is 0.118 e. The molecule has 0 aliphatic carbocycles. The van der Waals surface area contributed by atoms with E-state index >= 15 is 0 Å². The van der Waals surface area contributed by atoms with Gasteiger partial charge in [0.15, 0.2) is 0 Å². The van der Waals surface area contributed by atoms with E-state index in [1.165, 1.54) is 24.6 Å². The molecule has 1 fully saturated rings. The lowest BCUT2D eigenvalue weighted by molar-refractivity contribution is 0.264. The summed E-state index contributed by atoms with van der Waals surface area (Å²) in [4.78, 5) is 2.46. The maximum atomic E-state index is 5.78. The predicted octanol–water partition coefficient (Wildman–Crippen LogP) is 1.94. The molecule has 0 saturated carbocycles. The third-order valence-corrected chi connectivity index (χ3v) is 3.69. The van der Waals surface area contributed by atoms with Crippen molar-refractivity contribution in [2.45, 2.75) is 20.0 Å². The fourth-order valence-electron chi connectivity index (χ4n) is 1.83. The summed E-state index contributed by atoms with van der Waals surface area (Å²) in [5, 5.41) is 3.27. The van der Waals surface area contributed by atoms with Gasteiger partial charge in [0.05, 0.1) is 13.1 Å². The fourth-order valence-corrected chi connectivity index (χ4v) is 2.81. The van der Waals surface area contributed by atoms with Gasteiger partial charge in [0.1, 0.15) is 11.5 Å². The van der Waals surface area contributed by atoms with Crippen molar-refractivity contribution in [1.82, 2.24) is 10.2 Å². The Morgan fingerprint density at radius 2 is 2.06 bits per heavy atom. The van der Waals surface area contributed by atoms with Crippen molar-refractivity contribution in [3.05, 3.63) is 23.7 Å². The minimum absolute atomic E-state index is 0.840. The summed E-state index contributed by atoms with van der Waals surface area (Å²) in [6, 6.07) is 4.19. The molecule has 1 aliphatic rings. The first-order valence-corrected chi connectivity index (χ1v) is 7.12. The van der Waals surface area contributed by atoms with Gasteiger partial charge in [-0.3, -0.25) is 4.90 Å². The van der Waals surface area contributed by atoms with Crippen molar-refractivity contribution in [3.8, 4) is 0 Å². The van der Waals surface area contributed by atoms with Gasteiger partial charge in [-0.15, -0.1) is 0 Å². The Bertz CT molecular complexity index is 308. The Morgan fingerprint density at radius 3 is 2.81 bits per heavy atom. The topological polar surface area (TPSA) is 28.4 Å². The van der Waals surface area contributed by atoms with Gasteiger partial charge < -0.3 is 9.73 Å². The van der Waals surface area contributed by atoms with Crippen LogP contribution >= 0.6 is 11.8 Å². The van der Waals surface area contributed by atoms with Crippen LogP contribution in [-0.2, 0) is 13.1 Å². The highest BCUT2D eigenvalue weighted by Gasteiger charge is 2.12. The molecule has 2 heterocycles. The van der Waals surface area contributed by atoms with Crippen molar-refractivity contribution >= 4 is 11.8 Å². The zero-order valence-corrected chi connectivity index (χ0v) is 10.7. The first kappa shape index (κ1) is 12.0. The number of hydrogen-bond donors (Lipinski definition) is 1. The predicted molar refractivity (Wildman–Crippen MR) is 68.7 cm³/mol. The van der Waals surface area contributed by atoms with Crippen LogP contribution in [0.2, 0.25) is 0 Å². The van der Waals surface area contributed by atoms with Crippen LogP contribution in [0.3, 0.4) is 0 Å². The van der Waals surface area contributed by atoms with Crippen LogP contribution in [0.15, 0.2) is 16.5 Å². The van der Waals surface area contributed by atoms with Crippen LogP contribution < -0.4 is 5.32 Å². The van der Waals surface area contributed by atoms with Gasteiger partial charge in [0.2, 0.25) is 0 Å². The molecule has 2 rings (SSSR count). The molecule has 0 radical (unpaired) electrons. The second-order valence-corrected chi connectivity index (χ2v) is 5.26. The van der Waals surface area contributed by atoms with Gasteiger partial charge in [0.25, 0.3) is 0 Å². The quantitative estimate of drug-likeness (QED) is 0.851. The second-order valence-electron chi connectivity index (χ2n) is 4.04. The highest BCUT2D eigenvalue weighted by Crippen LogP contribution is 2.14. The molecular weight excluding hydrogens is 220 g/mol. The normalized spacial score (nSPS) is 17.8. The Hall–Kier alpha value is -0.450. The van der Waals surface area contributed by atoms with Crippen LogP contribution in [0.4, 0.5) is 0 Å². The first-order chi connectivity index (χ1) is 7.88. The number of nitrogens with one attached hydrogen (secondary N) is 1. The maximum Gasteiger partial charge on any atom is 0.118 e. The van der Waals surface area contributed by atoms with Crippen LogP contribution in [0.25, 0.3) is 0 Å². The first-order valence-electron chi connectivity index (χ1n) is 5.97. The standard InChI is InChI=1S/C12H20N2OS/c1-2-13-9-11-3-4-12(15-11)10-14-5-7-16-8-6-14/h3-4,13H,2,5-10H2,1H3. The minimum atomic E-state index is 0.840. The van der Waals surface area contributed by atoms with E-state index in [0.717, 1.165) is 31.2 Å². The fraction of sp³-hybridized carbons (Fsp3) is 0.667. The summed E-state index contributed by atoms with van der Waals surface area (Å²) < 4.78 is 5.78. The van der Waals surface area contributed by atoms with Crippen molar-refractivity contribution in [1.29, 1.82) is 0 Å². The number of hydrogen-bond acceptors (Lipinski definition) is 4. The van der Waals surface area contributed by atoms with Gasteiger partial charge in [-0.05, 0) is 18.7 Å². The summed E-state index contributed by atoms with van der Waals surface area (Å²) >= 11 is 2.04. The molecule has 0 bridgehead atoms. The lowest BCUT2D eigenvalue weighted by Gasteiger charge is -2.24. The summed E-state index contributed by atoms with van der Waals surface area (Å²) in [7, 11) is 0. The molecule has 0 unspecified atom stereocenters. The zero-order valence-electron chi connectivity index (χ0n) is 9.87.